The standard InChI is InChI=1S/C43H25N3O/c44-26-27-12-11-18-33(30-15-3-8-21-38(30)45-36-19-6-1-13-28(36)29-14-2-7-20-37(29)45)41(27)46-39-22-9-4-16-31(39)34-24-25-35-32-17-5-10-23-40(32)47-43(35)42(34)46/h1-25H. The summed E-state index contributed by atoms with van der Waals surface area (Å²) in [7, 11) is 0. The minimum absolute atomic E-state index is 0.593. The number of hydrogen-bond donors (Lipinski definition) is 0. The molecule has 47 heavy (non-hydrogen) atoms. The molecule has 0 radical (unpaired) electrons. The van der Waals surface area contributed by atoms with Gasteiger partial charge in [-0.2, -0.15) is 5.26 Å². The van der Waals surface area contributed by atoms with Crippen molar-refractivity contribution >= 4 is 65.6 Å². The molecule has 4 heteroatoms. The quantitative estimate of drug-likeness (QED) is 0.203. The molecule has 0 spiro atoms. The first-order chi connectivity index (χ1) is 23.3. The maximum absolute atomic E-state index is 10.7. The summed E-state index contributed by atoms with van der Waals surface area (Å²) >= 11 is 0. The van der Waals surface area contributed by atoms with Crippen molar-refractivity contribution in [1.82, 2.24) is 9.13 Å². The number of rotatable bonds is 3. The van der Waals surface area contributed by atoms with Gasteiger partial charge in [0.25, 0.3) is 0 Å². The summed E-state index contributed by atoms with van der Waals surface area (Å²) in [5, 5.41) is 17.4. The Morgan fingerprint density at radius 3 is 1.72 bits per heavy atom. The number of furan rings is 1. The minimum atomic E-state index is 0.593. The molecule has 0 amide bonds. The predicted octanol–water partition coefficient (Wildman–Crippen LogP) is 11.3. The molecule has 3 aromatic heterocycles. The summed E-state index contributed by atoms with van der Waals surface area (Å²) in [6, 6.07) is 55.2. The fourth-order valence-electron chi connectivity index (χ4n) is 7.63. The fourth-order valence-corrected chi connectivity index (χ4v) is 7.63. The topological polar surface area (TPSA) is 46.8 Å². The molecule has 0 aliphatic rings. The number of nitriles is 1. The summed E-state index contributed by atoms with van der Waals surface area (Å²) in [5.41, 5.74) is 10.4. The summed E-state index contributed by atoms with van der Waals surface area (Å²) < 4.78 is 11.3. The lowest BCUT2D eigenvalue weighted by molar-refractivity contribution is 0.671. The molecule has 3 heterocycles. The SMILES string of the molecule is N#Cc1cccc(-c2ccccc2-n2c3ccccc3c3ccccc32)c1-n1c2ccccc2c2ccc3c4ccccc4oc3c21. The normalized spacial score (nSPS) is 11.8. The van der Waals surface area contributed by atoms with Gasteiger partial charge in [-0.25, -0.2) is 0 Å². The van der Waals surface area contributed by atoms with Gasteiger partial charge < -0.3 is 13.6 Å². The summed E-state index contributed by atoms with van der Waals surface area (Å²) in [5.74, 6) is 0. The molecule has 0 unspecified atom stereocenters. The molecule has 0 aliphatic carbocycles. The van der Waals surface area contributed by atoms with Crippen LogP contribution in [0.4, 0.5) is 0 Å². The zero-order valence-corrected chi connectivity index (χ0v) is 25.2. The van der Waals surface area contributed by atoms with E-state index in [1.54, 1.807) is 0 Å². The van der Waals surface area contributed by atoms with E-state index in [2.05, 4.69) is 137 Å². The van der Waals surface area contributed by atoms with Crippen LogP contribution in [-0.2, 0) is 0 Å². The third-order valence-corrected chi connectivity index (χ3v) is 9.57. The van der Waals surface area contributed by atoms with Gasteiger partial charge in [0.1, 0.15) is 11.7 Å². The van der Waals surface area contributed by atoms with Crippen molar-refractivity contribution in [2.45, 2.75) is 0 Å². The zero-order chi connectivity index (χ0) is 31.1. The van der Waals surface area contributed by atoms with E-state index in [-0.39, 0.29) is 0 Å². The molecule has 10 aromatic rings. The molecule has 218 valence electrons. The Morgan fingerprint density at radius 2 is 1.00 bits per heavy atom. The lowest BCUT2D eigenvalue weighted by atomic mass is 9.98. The summed E-state index contributed by atoms with van der Waals surface area (Å²) in [6.45, 7) is 0. The van der Waals surface area contributed by atoms with E-state index in [0.29, 0.717) is 5.56 Å². The van der Waals surface area contributed by atoms with Crippen LogP contribution in [0.2, 0.25) is 0 Å². The molecule has 7 aromatic carbocycles. The maximum atomic E-state index is 10.7. The number of aromatic nitrogens is 2. The van der Waals surface area contributed by atoms with E-state index in [9.17, 15) is 5.26 Å². The fraction of sp³-hybridized carbons (Fsp3) is 0. The van der Waals surface area contributed by atoms with Crippen LogP contribution in [0.15, 0.2) is 156 Å². The minimum Gasteiger partial charge on any atom is -0.454 e. The van der Waals surface area contributed by atoms with Crippen LogP contribution in [0.1, 0.15) is 5.56 Å². The van der Waals surface area contributed by atoms with Crippen LogP contribution >= 0.6 is 0 Å². The van der Waals surface area contributed by atoms with E-state index in [1.807, 2.05) is 30.3 Å². The Kier molecular flexibility index (Phi) is 5.32. The highest BCUT2D eigenvalue weighted by atomic mass is 16.3. The van der Waals surface area contributed by atoms with E-state index < -0.39 is 0 Å². The molecule has 4 nitrogen and oxygen atoms in total. The van der Waals surface area contributed by atoms with Gasteiger partial charge in [0, 0.05) is 43.4 Å². The molecule has 0 saturated carbocycles. The molecule has 0 aliphatic heterocycles. The van der Waals surface area contributed by atoms with Gasteiger partial charge in [-0.3, -0.25) is 0 Å². The molecule has 10 rings (SSSR count). The molecular formula is C43H25N3O. The summed E-state index contributed by atoms with van der Waals surface area (Å²) in [6.07, 6.45) is 0. The average Bonchev–Trinajstić information content (AvgIpc) is 3.79. The first kappa shape index (κ1) is 25.7. The molecule has 0 fully saturated rings. The van der Waals surface area contributed by atoms with Crippen LogP contribution in [0.3, 0.4) is 0 Å². The highest BCUT2D eigenvalue weighted by Gasteiger charge is 2.24. The van der Waals surface area contributed by atoms with Gasteiger partial charge in [0.15, 0.2) is 5.58 Å². The van der Waals surface area contributed by atoms with Gasteiger partial charge in [-0.15, -0.1) is 0 Å². The monoisotopic (exact) mass is 599 g/mol. The van der Waals surface area contributed by atoms with Crippen molar-refractivity contribution in [3.63, 3.8) is 0 Å². The van der Waals surface area contributed by atoms with Crippen LogP contribution in [0, 0.1) is 11.3 Å². The number of para-hydroxylation sites is 6. The number of hydrogen-bond acceptors (Lipinski definition) is 2. The maximum Gasteiger partial charge on any atom is 0.160 e. The van der Waals surface area contributed by atoms with Gasteiger partial charge in [0.05, 0.1) is 39.0 Å². The van der Waals surface area contributed by atoms with E-state index in [1.165, 1.54) is 10.8 Å². The lowest BCUT2D eigenvalue weighted by Gasteiger charge is -2.19. The van der Waals surface area contributed by atoms with Gasteiger partial charge in [-0.1, -0.05) is 109 Å². The van der Waals surface area contributed by atoms with Crippen molar-refractivity contribution in [1.29, 1.82) is 5.26 Å². The predicted molar refractivity (Wildman–Crippen MR) is 193 cm³/mol. The molecule has 0 bridgehead atoms. The Morgan fingerprint density at radius 1 is 0.447 bits per heavy atom. The first-order valence-corrected chi connectivity index (χ1v) is 15.8. The zero-order valence-electron chi connectivity index (χ0n) is 25.2. The second-order valence-electron chi connectivity index (χ2n) is 12.0. The average molecular weight is 600 g/mol. The third-order valence-electron chi connectivity index (χ3n) is 9.57. The molecular weight excluding hydrogens is 574 g/mol. The van der Waals surface area contributed by atoms with Crippen LogP contribution < -0.4 is 0 Å². The lowest BCUT2D eigenvalue weighted by Crippen LogP contribution is -2.03. The van der Waals surface area contributed by atoms with E-state index in [4.69, 9.17) is 4.42 Å². The van der Waals surface area contributed by atoms with Crippen molar-refractivity contribution in [3.05, 3.63) is 157 Å². The Hall–Kier alpha value is -6.57. The second kappa shape index (κ2) is 9.71. The Balaban J connectivity index is 1.37. The number of benzene rings is 7. The highest BCUT2D eigenvalue weighted by molar-refractivity contribution is 6.22. The first-order valence-electron chi connectivity index (χ1n) is 15.8. The van der Waals surface area contributed by atoms with Crippen LogP contribution in [0.25, 0.3) is 88.1 Å². The Labute approximate surface area is 269 Å². The van der Waals surface area contributed by atoms with E-state index >= 15 is 0 Å². The third kappa shape index (κ3) is 3.51. The van der Waals surface area contributed by atoms with Gasteiger partial charge >= 0.3 is 0 Å². The van der Waals surface area contributed by atoms with Crippen molar-refractivity contribution in [2.24, 2.45) is 0 Å². The van der Waals surface area contributed by atoms with Crippen molar-refractivity contribution in [3.8, 4) is 28.6 Å². The highest BCUT2D eigenvalue weighted by Crippen LogP contribution is 2.44. The van der Waals surface area contributed by atoms with E-state index in [0.717, 1.165) is 77.3 Å². The van der Waals surface area contributed by atoms with Gasteiger partial charge in [0.2, 0.25) is 0 Å². The smallest absolute Gasteiger partial charge is 0.160 e. The molecule has 0 N–H and O–H groups in total. The van der Waals surface area contributed by atoms with Crippen LogP contribution in [-0.4, -0.2) is 9.13 Å². The molecule has 0 atom stereocenters. The number of fused-ring (bicyclic) bond motifs is 10. The van der Waals surface area contributed by atoms with Crippen LogP contribution in [0.5, 0.6) is 0 Å². The Bertz CT molecular complexity index is 2880. The number of nitrogens with zero attached hydrogens (tertiary/aromatic N) is 3. The van der Waals surface area contributed by atoms with Crippen molar-refractivity contribution < 1.29 is 4.42 Å². The summed E-state index contributed by atoms with van der Waals surface area (Å²) in [4.78, 5) is 0. The van der Waals surface area contributed by atoms with Gasteiger partial charge in [-0.05, 0) is 42.5 Å². The molecule has 0 saturated heterocycles. The second-order valence-corrected chi connectivity index (χ2v) is 12.0. The largest absolute Gasteiger partial charge is 0.454 e. The van der Waals surface area contributed by atoms with Crippen molar-refractivity contribution in [2.75, 3.05) is 0 Å².